The maximum Gasteiger partial charge on any atom is 0.265 e. The molecule has 3 aromatic heterocycles. The molecule has 0 aliphatic rings. The fourth-order valence-corrected chi connectivity index (χ4v) is 3.51. The molecule has 0 unspecified atom stereocenters. The van der Waals surface area contributed by atoms with Crippen LogP contribution in [0.15, 0.2) is 48.0 Å². The Hall–Kier alpha value is -3.02. The van der Waals surface area contributed by atoms with Gasteiger partial charge in [-0.3, -0.25) is 9.36 Å². The molecule has 4 rings (SSSR count). The van der Waals surface area contributed by atoms with Gasteiger partial charge in [-0.05, 0) is 18.6 Å². The van der Waals surface area contributed by atoms with Gasteiger partial charge in [-0.25, -0.2) is 15.0 Å². The first-order valence-corrected chi connectivity index (χ1v) is 9.49. The van der Waals surface area contributed by atoms with E-state index in [0.717, 1.165) is 23.9 Å². The van der Waals surface area contributed by atoms with Crippen LogP contribution in [0, 0.1) is 0 Å². The van der Waals surface area contributed by atoms with Gasteiger partial charge in [0.05, 0.1) is 17.4 Å². The molecule has 6 heteroatoms. The zero-order valence-electron chi connectivity index (χ0n) is 15.6. The molecule has 0 saturated carbocycles. The molecule has 6 nitrogen and oxygen atoms in total. The van der Waals surface area contributed by atoms with Crippen LogP contribution >= 0.6 is 0 Å². The molecular formula is C21H23N5O. The smallest absolute Gasteiger partial charge is 0.265 e. The van der Waals surface area contributed by atoms with Crippen LogP contribution < -0.4 is 5.56 Å². The van der Waals surface area contributed by atoms with Gasteiger partial charge >= 0.3 is 0 Å². The molecule has 27 heavy (non-hydrogen) atoms. The molecule has 0 N–H and O–H groups in total. The zero-order chi connectivity index (χ0) is 18.8. The quantitative estimate of drug-likeness (QED) is 0.368. The molecule has 0 saturated heterocycles. The molecule has 0 atom stereocenters. The summed E-state index contributed by atoms with van der Waals surface area (Å²) in [7, 11) is 0. The molecule has 0 aliphatic heterocycles. The average molecular weight is 361 g/mol. The van der Waals surface area contributed by atoms with Gasteiger partial charge in [0.25, 0.3) is 5.56 Å². The second-order valence-corrected chi connectivity index (χ2v) is 6.79. The first kappa shape index (κ1) is 17.4. The summed E-state index contributed by atoms with van der Waals surface area (Å²) in [6.07, 6.45) is 7.87. The highest BCUT2D eigenvalue weighted by molar-refractivity contribution is 6.04. The number of aromatic nitrogens is 5. The summed E-state index contributed by atoms with van der Waals surface area (Å²) in [5.74, 6) is 0. The Morgan fingerprint density at radius 2 is 1.85 bits per heavy atom. The maximum absolute atomic E-state index is 13.2. The number of hydrogen-bond donors (Lipinski definition) is 0. The molecule has 0 bridgehead atoms. The minimum absolute atomic E-state index is 0.0473. The Kier molecular flexibility index (Phi) is 4.71. The van der Waals surface area contributed by atoms with Crippen LogP contribution in [0.4, 0.5) is 0 Å². The van der Waals surface area contributed by atoms with Crippen molar-refractivity contribution in [1.29, 1.82) is 0 Å². The highest BCUT2D eigenvalue weighted by Gasteiger charge is 2.18. The summed E-state index contributed by atoms with van der Waals surface area (Å²) in [5, 5.41) is 0.545. The predicted molar refractivity (Wildman–Crippen MR) is 109 cm³/mol. The summed E-state index contributed by atoms with van der Waals surface area (Å²) >= 11 is 0. The summed E-state index contributed by atoms with van der Waals surface area (Å²) in [5.41, 5.74) is 3.45. The van der Waals surface area contributed by atoms with E-state index < -0.39 is 0 Å². The molecule has 1 aromatic carbocycles. The largest absolute Gasteiger partial charge is 0.305 e. The van der Waals surface area contributed by atoms with E-state index in [0.29, 0.717) is 35.3 Å². The Morgan fingerprint density at radius 3 is 2.59 bits per heavy atom. The van der Waals surface area contributed by atoms with Gasteiger partial charge in [0.1, 0.15) is 10.9 Å². The highest BCUT2D eigenvalue weighted by atomic mass is 16.1. The van der Waals surface area contributed by atoms with Crippen LogP contribution in [-0.2, 0) is 13.1 Å². The minimum Gasteiger partial charge on any atom is -0.305 e. The molecule has 0 radical (unpaired) electrons. The second kappa shape index (κ2) is 7.31. The number of para-hydroxylation sites is 2. The van der Waals surface area contributed by atoms with Gasteiger partial charge in [0.2, 0.25) is 0 Å². The molecule has 0 aliphatic carbocycles. The van der Waals surface area contributed by atoms with E-state index in [1.54, 1.807) is 17.0 Å². The highest BCUT2D eigenvalue weighted by Crippen LogP contribution is 2.24. The van der Waals surface area contributed by atoms with Crippen molar-refractivity contribution in [3.8, 4) is 0 Å². The van der Waals surface area contributed by atoms with Crippen molar-refractivity contribution < 1.29 is 0 Å². The van der Waals surface area contributed by atoms with Crippen molar-refractivity contribution >= 4 is 33.2 Å². The topological polar surface area (TPSA) is 65.6 Å². The lowest BCUT2D eigenvalue weighted by Gasteiger charge is -2.06. The SMILES string of the molecule is C=CCn1c2nc3ccccc3nc2c2c(=O)n(CCCCCC)cnc21. The lowest BCUT2D eigenvalue weighted by atomic mass is 10.2. The lowest BCUT2D eigenvalue weighted by Crippen LogP contribution is -2.21. The number of aryl methyl sites for hydroxylation is 1. The lowest BCUT2D eigenvalue weighted by molar-refractivity contribution is 0.567. The van der Waals surface area contributed by atoms with Gasteiger partial charge in [-0.15, -0.1) is 6.58 Å². The first-order valence-electron chi connectivity index (χ1n) is 9.49. The number of rotatable bonds is 7. The summed E-state index contributed by atoms with van der Waals surface area (Å²) < 4.78 is 3.62. The van der Waals surface area contributed by atoms with Crippen molar-refractivity contribution in [2.24, 2.45) is 0 Å². The summed E-state index contributed by atoms with van der Waals surface area (Å²) in [4.78, 5) is 27.3. The van der Waals surface area contributed by atoms with Crippen molar-refractivity contribution in [2.45, 2.75) is 45.7 Å². The van der Waals surface area contributed by atoms with E-state index in [1.165, 1.54) is 12.8 Å². The number of benzene rings is 1. The number of allylic oxidation sites excluding steroid dienone is 1. The normalized spacial score (nSPS) is 11.6. The van der Waals surface area contributed by atoms with E-state index in [4.69, 9.17) is 9.97 Å². The summed E-state index contributed by atoms with van der Waals surface area (Å²) in [6, 6.07) is 7.70. The first-order chi connectivity index (χ1) is 13.2. The molecule has 138 valence electrons. The van der Waals surface area contributed by atoms with E-state index >= 15 is 0 Å². The van der Waals surface area contributed by atoms with E-state index in [-0.39, 0.29) is 5.56 Å². The second-order valence-electron chi connectivity index (χ2n) is 6.79. The van der Waals surface area contributed by atoms with Crippen molar-refractivity contribution in [2.75, 3.05) is 0 Å². The Balaban J connectivity index is 1.95. The Labute approximate surface area is 157 Å². The third-order valence-corrected chi connectivity index (χ3v) is 4.88. The molecule has 3 heterocycles. The van der Waals surface area contributed by atoms with Gasteiger partial charge in [0, 0.05) is 13.1 Å². The number of unbranched alkanes of at least 4 members (excludes halogenated alkanes) is 3. The van der Waals surface area contributed by atoms with Crippen LogP contribution in [-0.4, -0.2) is 24.1 Å². The van der Waals surface area contributed by atoms with Gasteiger partial charge in [-0.2, -0.15) is 0 Å². The molecular weight excluding hydrogens is 338 g/mol. The number of fused-ring (bicyclic) bond motifs is 4. The third-order valence-electron chi connectivity index (χ3n) is 4.88. The Morgan fingerprint density at radius 1 is 1.07 bits per heavy atom. The van der Waals surface area contributed by atoms with Crippen LogP contribution in [0.2, 0.25) is 0 Å². The minimum atomic E-state index is -0.0473. The molecule has 0 spiro atoms. The van der Waals surface area contributed by atoms with Gasteiger partial charge in [-0.1, -0.05) is 44.4 Å². The monoisotopic (exact) mass is 361 g/mol. The van der Waals surface area contributed by atoms with E-state index in [1.807, 2.05) is 28.8 Å². The van der Waals surface area contributed by atoms with E-state index in [2.05, 4.69) is 18.5 Å². The molecule has 0 fully saturated rings. The maximum atomic E-state index is 13.2. The van der Waals surface area contributed by atoms with Crippen molar-refractivity contribution in [3.63, 3.8) is 0 Å². The fourth-order valence-electron chi connectivity index (χ4n) is 3.51. The van der Waals surface area contributed by atoms with Gasteiger partial charge < -0.3 is 4.57 Å². The fraction of sp³-hybridized carbons (Fsp3) is 0.333. The molecule has 4 aromatic rings. The van der Waals surface area contributed by atoms with Crippen LogP contribution in [0.5, 0.6) is 0 Å². The van der Waals surface area contributed by atoms with Gasteiger partial charge in [0.15, 0.2) is 11.3 Å². The third kappa shape index (κ3) is 3.01. The predicted octanol–water partition coefficient (Wildman–Crippen LogP) is 4.06. The Bertz CT molecular complexity index is 1190. The van der Waals surface area contributed by atoms with E-state index in [9.17, 15) is 4.79 Å². The molecule has 0 amide bonds. The number of nitrogens with zero attached hydrogens (tertiary/aromatic N) is 5. The van der Waals surface area contributed by atoms with Crippen LogP contribution in [0.3, 0.4) is 0 Å². The standard InChI is InChI=1S/C21H23N5O/c1-3-5-6-9-13-25-14-22-19-17(21(25)27)18-20(26(19)12-4-2)24-16-11-8-7-10-15(16)23-18/h4,7-8,10-11,14H,2-3,5-6,9,12-13H2,1H3. The summed E-state index contributed by atoms with van der Waals surface area (Å²) in [6.45, 7) is 7.21. The van der Waals surface area contributed by atoms with Crippen molar-refractivity contribution in [3.05, 3.63) is 53.6 Å². The van der Waals surface area contributed by atoms with Crippen LogP contribution in [0.25, 0.3) is 33.2 Å². The number of hydrogen-bond acceptors (Lipinski definition) is 4. The zero-order valence-corrected chi connectivity index (χ0v) is 15.6. The van der Waals surface area contributed by atoms with Crippen molar-refractivity contribution in [1.82, 2.24) is 24.1 Å². The van der Waals surface area contributed by atoms with Crippen LogP contribution in [0.1, 0.15) is 32.6 Å². The average Bonchev–Trinajstić information content (AvgIpc) is 2.99.